The number of fused-ring (bicyclic) bond motifs is 1. The lowest BCUT2D eigenvalue weighted by molar-refractivity contribution is 0.496. The molecule has 0 bridgehead atoms. The van der Waals surface area contributed by atoms with Gasteiger partial charge in [0.2, 0.25) is 0 Å². The molecular formula is C58H46N2. The van der Waals surface area contributed by atoms with Gasteiger partial charge in [0.25, 0.3) is 0 Å². The molecule has 0 fully saturated rings. The van der Waals surface area contributed by atoms with E-state index in [-0.39, 0.29) is 6.04 Å². The first-order chi connectivity index (χ1) is 29.8. The number of hydrogen-bond donors (Lipinski definition) is 0. The maximum Gasteiger partial charge on any atom is 0.0594 e. The third kappa shape index (κ3) is 7.40. The molecule has 0 aromatic heterocycles. The van der Waals surface area contributed by atoms with Gasteiger partial charge in [-0.25, -0.2) is 0 Å². The van der Waals surface area contributed by atoms with Crippen molar-refractivity contribution in [3.05, 3.63) is 248 Å². The van der Waals surface area contributed by atoms with E-state index < -0.39 is 0 Å². The minimum atomic E-state index is 0.176. The second-order valence-electron chi connectivity index (χ2n) is 15.6. The zero-order valence-corrected chi connectivity index (χ0v) is 33.6. The van der Waals surface area contributed by atoms with E-state index in [9.17, 15) is 0 Å². The van der Waals surface area contributed by atoms with Crippen molar-refractivity contribution in [1.82, 2.24) is 0 Å². The van der Waals surface area contributed by atoms with Crippen molar-refractivity contribution in [3.63, 3.8) is 0 Å². The Morgan fingerprint density at radius 3 is 1.43 bits per heavy atom. The van der Waals surface area contributed by atoms with Gasteiger partial charge in [0.15, 0.2) is 0 Å². The van der Waals surface area contributed by atoms with Gasteiger partial charge in [0, 0.05) is 39.8 Å². The van der Waals surface area contributed by atoms with Gasteiger partial charge in [0.1, 0.15) is 0 Å². The fraction of sp³-hybridized carbons (Fsp3) is 0.0690. The summed E-state index contributed by atoms with van der Waals surface area (Å²) in [5.41, 5.74) is 16.8. The molecule has 2 atom stereocenters. The summed E-state index contributed by atoms with van der Waals surface area (Å²) in [6.45, 7) is 0. The summed E-state index contributed by atoms with van der Waals surface area (Å²) >= 11 is 0. The Morgan fingerprint density at radius 2 is 0.833 bits per heavy atom. The second-order valence-corrected chi connectivity index (χ2v) is 15.6. The first kappa shape index (κ1) is 36.9. The van der Waals surface area contributed by atoms with Gasteiger partial charge >= 0.3 is 0 Å². The van der Waals surface area contributed by atoms with Crippen LogP contribution in [0, 0.1) is 5.92 Å². The van der Waals surface area contributed by atoms with E-state index in [1.807, 2.05) is 0 Å². The molecule has 0 radical (unpaired) electrons. The molecule has 288 valence electrons. The summed E-state index contributed by atoms with van der Waals surface area (Å²) < 4.78 is 0. The standard InChI is InChI=1S/C58H46N2/c1-4-17-43(18-5-1)45-35-39-51(40-36-45)59(50-23-8-3-9-24-50)56-28-14-12-26-54(56)48-31-33-49(34-32-48)55-27-13-15-29-57(55)60(58-30-16-22-47-21-10-11-25-53(47)58)52-41-37-46(38-42-52)44-19-6-2-7-20-44/h1-10,12-24,26-42,53,58H,11,25H2. The Labute approximate surface area is 354 Å². The van der Waals surface area contributed by atoms with Crippen molar-refractivity contribution in [2.24, 2.45) is 5.92 Å². The Kier molecular flexibility index (Phi) is 10.3. The first-order valence-corrected chi connectivity index (χ1v) is 21.1. The Bertz CT molecular complexity index is 2780. The lowest BCUT2D eigenvalue weighted by Crippen LogP contribution is -2.38. The van der Waals surface area contributed by atoms with Crippen LogP contribution in [0.2, 0.25) is 0 Å². The molecule has 2 aliphatic carbocycles. The number of allylic oxidation sites excluding steroid dienone is 4. The van der Waals surface area contributed by atoms with Crippen LogP contribution in [0.15, 0.2) is 248 Å². The summed E-state index contributed by atoms with van der Waals surface area (Å²) in [6.07, 6.45) is 13.8. The number of hydrogen-bond acceptors (Lipinski definition) is 2. The van der Waals surface area contributed by atoms with Crippen LogP contribution in [0.4, 0.5) is 28.4 Å². The molecule has 60 heavy (non-hydrogen) atoms. The van der Waals surface area contributed by atoms with Gasteiger partial charge in [-0.15, -0.1) is 0 Å². The molecule has 0 saturated carbocycles. The Hall–Kier alpha value is -7.42. The molecule has 8 aromatic rings. The molecule has 0 amide bonds. The summed E-state index contributed by atoms with van der Waals surface area (Å²) in [4.78, 5) is 4.95. The van der Waals surface area contributed by atoms with E-state index >= 15 is 0 Å². The second kappa shape index (κ2) is 16.8. The van der Waals surface area contributed by atoms with E-state index in [1.165, 1.54) is 61.5 Å². The molecule has 2 aliphatic rings. The van der Waals surface area contributed by atoms with Crippen molar-refractivity contribution in [1.29, 1.82) is 0 Å². The van der Waals surface area contributed by atoms with Crippen molar-refractivity contribution in [2.75, 3.05) is 9.80 Å². The molecule has 2 nitrogen and oxygen atoms in total. The molecule has 0 aliphatic heterocycles. The van der Waals surface area contributed by atoms with Crippen molar-refractivity contribution < 1.29 is 0 Å². The smallest absolute Gasteiger partial charge is 0.0594 e. The third-order valence-electron chi connectivity index (χ3n) is 12.0. The van der Waals surface area contributed by atoms with Crippen molar-refractivity contribution >= 4 is 28.4 Å². The van der Waals surface area contributed by atoms with Crippen LogP contribution in [-0.2, 0) is 0 Å². The Balaban J connectivity index is 1.03. The molecule has 2 unspecified atom stereocenters. The van der Waals surface area contributed by atoms with Crippen LogP contribution < -0.4 is 9.80 Å². The van der Waals surface area contributed by atoms with Gasteiger partial charge in [-0.2, -0.15) is 0 Å². The largest absolute Gasteiger partial charge is 0.333 e. The minimum absolute atomic E-state index is 0.176. The summed E-state index contributed by atoms with van der Waals surface area (Å²) in [7, 11) is 0. The van der Waals surface area contributed by atoms with Gasteiger partial charge < -0.3 is 9.80 Å². The van der Waals surface area contributed by atoms with E-state index in [2.05, 4.69) is 253 Å². The highest BCUT2D eigenvalue weighted by atomic mass is 15.2. The monoisotopic (exact) mass is 770 g/mol. The number of rotatable bonds is 10. The quantitative estimate of drug-likeness (QED) is 0.137. The number of anilines is 5. The van der Waals surface area contributed by atoms with Crippen LogP contribution in [0.5, 0.6) is 0 Å². The number of nitrogens with zero attached hydrogens (tertiary/aromatic N) is 2. The molecule has 0 saturated heterocycles. The fourth-order valence-electron chi connectivity index (χ4n) is 9.04. The highest BCUT2D eigenvalue weighted by Gasteiger charge is 2.32. The maximum absolute atomic E-state index is 2.58. The van der Waals surface area contributed by atoms with Crippen LogP contribution >= 0.6 is 0 Å². The zero-order valence-electron chi connectivity index (χ0n) is 33.6. The fourth-order valence-corrected chi connectivity index (χ4v) is 9.04. The van der Waals surface area contributed by atoms with Crippen LogP contribution in [-0.4, -0.2) is 6.04 Å². The SMILES string of the molecule is C1=CC(N(c2ccc(-c3ccccc3)cc2)c2ccccc2-c2ccc(-c3ccccc3N(c3ccccc3)c3ccc(-c4ccccc4)cc3)cc2)C2CCC=CC2=C1. The van der Waals surface area contributed by atoms with E-state index in [0.717, 1.165) is 29.9 Å². The molecule has 2 heteroatoms. The average molecular weight is 771 g/mol. The van der Waals surface area contributed by atoms with Crippen LogP contribution in [0.1, 0.15) is 12.8 Å². The Morgan fingerprint density at radius 1 is 0.383 bits per heavy atom. The molecule has 0 heterocycles. The van der Waals surface area contributed by atoms with E-state index in [0.29, 0.717) is 5.92 Å². The highest BCUT2D eigenvalue weighted by Crippen LogP contribution is 2.45. The zero-order chi connectivity index (χ0) is 40.1. The van der Waals surface area contributed by atoms with Gasteiger partial charge in [-0.1, -0.05) is 194 Å². The normalized spacial score (nSPS) is 15.5. The third-order valence-corrected chi connectivity index (χ3v) is 12.0. The topological polar surface area (TPSA) is 6.48 Å². The molecule has 10 rings (SSSR count). The van der Waals surface area contributed by atoms with Crippen LogP contribution in [0.25, 0.3) is 44.5 Å². The van der Waals surface area contributed by atoms with Gasteiger partial charge in [-0.3, -0.25) is 0 Å². The lowest BCUT2D eigenvalue weighted by atomic mass is 9.79. The molecular weight excluding hydrogens is 725 g/mol. The number of benzene rings is 8. The summed E-state index contributed by atoms with van der Waals surface area (Å²) in [6, 6.07) is 77.0. The maximum atomic E-state index is 2.58. The van der Waals surface area contributed by atoms with Gasteiger partial charge in [-0.05, 0) is 100 Å². The first-order valence-electron chi connectivity index (χ1n) is 21.1. The predicted molar refractivity (Wildman–Crippen MR) is 254 cm³/mol. The lowest BCUT2D eigenvalue weighted by Gasteiger charge is -2.41. The summed E-state index contributed by atoms with van der Waals surface area (Å²) in [5.74, 6) is 0.405. The molecule has 0 N–H and O–H groups in total. The number of para-hydroxylation sites is 3. The van der Waals surface area contributed by atoms with E-state index in [4.69, 9.17) is 0 Å². The molecule has 0 spiro atoms. The van der Waals surface area contributed by atoms with Crippen molar-refractivity contribution in [2.45, 2.75) is 18.9 Å². The highest BCUT2D eigenvalue weighted by molar-refractivity contribution is 5.90. The minimum Gasteiger partial charge on any atom is -0.333 e. The van der Waals surface area contributed by atoms with E-state index in [1.54, 1.807) is 0 Å². The summed E-state index contributed by atoms with van der Waals surface area (Å²) in [5, 5.41) is 0. The van der Waals surface area contributed by atoms with Gasteiger partial charge in [0.05, 0.1) is 11.7 Å². The average Bonchev–Trinajstić information content (AvgIpc) is 3.34. The predicted octanol–water partition coefficient (Wildman–Crippen LogP) is 15.8. The van der Waals surface area contributed by atoms with Crippen molar-refractivity contribution in [3.8, 4) is 44.5 Å². The van der Waals surface area contributed by atoms with Crippen LogP contribution in [0.3, 0.4) is 0 Å². The molecule has 8 aromatic carbocycles.